The maximum atomic E-state index is 12.4. The first-order chi connectivity index (χ1) is 14.5. The summed E-state index contributed by atoms with van der Waals surface area (Å²) in [4.78, 5) is 24.1. The van der Waals surface area contributed by atoms with Crippen LogP contribution in [0.15, 0.2) is 77.7 Å². The smallest absolute Gasteiger partial charge is 0.341 e. The minimum atomic E-state index is -0.998. The molecular weight excluding hydrogens is 400 g/mol. The molecule has 0 heterocycles. The summed E-state index contributed by atoms with van der Waals surface area (Å²) < 4.78 is 11.0. The normalized spacial score (nSPS) is 10.4. The van der Waals surface area contributed by atoms with E-state index in [0.717, 1.165) is 16.2 Å². The molecule has 0 saturated carbocycles. The van der Waals surface area contributed by atoms with Gasteiger partial charge in [-0.15, -0.1) is 11.8 Å². The van der Waals surface area contributed by atoms with Crippen LogP contribution in [0.3, 0.4) is 0 Å². The topological polar surface area (TPSA) is 72.8 Å². The van der Waals surface area contributed by atoms with E-state index >= 15 is 0 Å². The van der Waals surface area contributed by atoms with Gasteiger partial charge in [0.1, 0.15) is 11.5 Å². The van der Waals surface area contributed by atoms with Crippen LogP contribution >= 0.6 is 11.8 Å². The number of hydrogen-bond donors (Lipinski definition) is 1. The zero-order valence-corrected chi connectivity index (χ0v) is 17.4. The Labute approximate surface area is 179 Å². The zero-order chi connectivity index (χ0) is 21.3. The van der Waals surface area contributed by atoms with Gasteiger partial charge in [-0.05, 0) is 55.0 Å². The third-order valence-corrected chi connectivity index (χ3v) is 5.23. The van der Waals surface area contributed by atoms with Crippen LogP contribution in [0.25, 0.3) is 0 Å². The number of rotatable bonds is 10. The van der Waals surface area contributed by atoms with E-state index < -0.39 is 5.97 Å². The second-order valence-corrected chi connectivity index (χ2v) is 7.69. The van der Waals surface area contributed by atoms with Crippen LogP contribution in [0.4, 0.5) is 0 Å². The fourth-order valence-electron chi connectivity index (χ4n) is 2.79. The van der Waals surface area contributed by atoms with Crippen molar-refractivity contribution in [3.63, 3.8) is 0 Å². The molecule has 0 fully saturated rings. The van der Waals surface area contributed by atoms with E-state index in [1.165, 1.54) is 0 Å². The van der Waals surface area contributed by atoms with Gasteiger partial charge in [-0.1, -0.05) is 30.3 Å². The minimum absolute atomic E-state index is 0.0103. The third kappa shape index (κ3) is 6.12. The maximum Gasteiger partial charge on any atom is 0.341 e. The van der Waals surface area contributed by atoms with Gasteiger partial charge in [0.2, 0.25) is 0 Å². The van der Waals surface area contributed by atoms with Crippen molar-refractivity contribution in [2.24, 2.45) is 0 Å². The lowest BCUT2D eigenvalue weighted by Gasteiger charge is -2.10. The molecule has 3 aromatic carbocycles. The Balaban J connectivity index is 1.46. The number of aryl methyl sites for hydroxylation is 1. The van der Waals surface area contributed by atoms with Crippen molar-refractivity contribution < 1.29 is 24.2 Å². The summed E-state index contributed by atoms with van der Waals surface area (Å²) in [5.74, 6) is 1.03. The lowest BCUT2D eigenvalue weighted by molar-refractivity contribution is -0.139. The summed E-state index contributed by atoms with van der Waals surface area (Å²) >= 11 is 1.64. The molecule has 0 aliphatic rings. The number of benzene rings is 3. The summed E-state index contributed by atoms with van der Waals surface area (Å²) in [5.41, 5.74) is 2.18. The van der Waals surface area contributed by atoms with Crippen LogP contribution < -0.4 is 9.47 Å². The summed E-state index contributed by atoms with van der Waals surface area (Å²) in [6.45, 7) is 2.06. The van der Waals surface area contributed by atoms with Crippen LogP contribution in [0, 0.1) is 6.92 Å². The predicted octanol–water partition coefficient (Wildman–Crippen LogP) is 4.86. The predicted molar refractivity (Wildman–Crippen MR) is 117 cm³/mol. The Morgan fingerprint density at radius 1 is 0.900 bits per heavy atom. The van der Waals surface area contributed by atoms with Gasteiger partial charge >= 0.3 is 5.97 Å². The van der Waals surface area contributed by atoms with E-state index in [1.54, 1.807) is 54.2 Å². The molecule has 0 saturated heterocycles. The van der Waals surface area contributed by atoms with Crippen molar-refractivity contribution in [3.05, 3.63) is 89.5 Å². The first kappa shape index (κ1) is 21.5. The van der Waals surface area contributed by atoms with Crippen molar-refractivity contribution in [1.29, 1.82) is 0 Å². The maximum absolute atomic E-state index is 12.4. The number of thioether (sulfide) groups is 1. The minimum Gasteiger partial charge on any atom is -0.493 e. The standard InChI is InChI=1S/C24H22O5S/c1-17-15-21(11-12-22(17)29-16-23(25)26)30-14-13-28-20-9-7-19(8-10-20)24(27)18-5-3-2-4-6-18/h2-12,15H,13-14,16H2,1H3,(H,25,26). The number of ether oxygens (including phenoxy) is 2. The molecule has 0 aliphatic heterocycles. The summed E-state index contributed by atoms with van der Waals surface area (Å²) in [6.07, 6.45) is 0. The summed E-state index contributed by atoms with van der Waals surface area (Å²) in [5, 5.41) is 8.69. The molecule has 3 aromatic rings. The van der Waals surface area contributed by atoms with Gasteiger partial charge in [0.05, 0.1) is 6.61 Å². The van der Waals surface area contributed by atoms with E-state index in [1.807, 2.05) is 37.3 Å². The van der Waals surface area contributed by atoms with Crippen LogP contribution in [0.2, 0.25) is 0 Å². The molecule has 154 valence electrons. The molecule has 0 radical (unpaired) electrons. The molecule has 0 atom stereocenters. The number of carboxylic acids is 1. The van der Waals surface area contributed by atoms with E-state index in [9.17, 15) is 9.59 Å². The molecule has 0 bridgehead atoms. The first-order valence-corrected chi connectivity index (χ1v) is 10.4. The van der Waals surface area contributed by atoms with Crippen molar-refractivity contribution >= 4 is 23.5 Å². The third-order valence-electron chi connectivity index (χ3n) is 4.27. The van der Waals surface area contributed by atoms with E-state index in [2.05, 4.69) is 0 Å². The molecule has 1 N–H and O–H groups in total. The summed E-state index contributed by atoms with van der Waals surface area (Å²) in [6, 6.07) is 22.0. The average Bonchev–Trinajstić information content (AvgIpc) is 2.76. The van der Waals surface area contributed by atoms with Gasteiger partial charge in [0, 0.05) is 21.8 Å². The SMILES string of the molecule is Cc1cc(SCCOc2ccc(C(=O)c3ccccc3)cc2)ccc1OCC(=O)O. The van der Waals surface area contributed by atoms with Crippen LogP contribution in [0.1, 0.15) is 21.5 Å². The van der Waals surface area contributed by atoms with Gasteiger partial charge < -0.3 is 14.6 Å². The van der Waals surface area contributed by atoms with Gasteiger partial charge in [0.25, 0.3) is 0 Å². The monoisotopic (exact) mass is 422 g/mol. The second-order valence-electron chi connectivity index (χ2n) is 6.53. The van der Waals surface area contributed by atoms with Crippen molar-refractivity contribution in [2.75, 3.05) is 19.0 Å². The fourth-order valence-corrected chi connectivity index (χ4v) is 3.62. The highest BCUT2D eigenvalue weighted by atomic mass is 32.2. The zero-order valence-electron chi connectivity index (χ0n) is 16.5. The van der Waals surface area contributed by atoms with E-state index in [-0.39, 0.29) is 12.4 Å². The van der Waals surface area contributed by atoms with Crippen LogP contribution in [0.5, 0.6) is 11.5 Å². The number of carbonyl (C=O) groups excluding carboxylic acids is 1. The largest absolute Gasteiger partial charge is 0.493 e. The number of carbonyl (C=O) groups is 2. The number of carboxylic acid groups (broad SMARTS) is 1. The fraction of sp³-hybridized carbons (Fsp3) is 0.167. The number of aliphatic carboxylic acids is 1. The Hall–Kier alpha value is -3.25. The molecule has 0 unspecified atom stereocenters. The molecule has 0 aromatic heterocycles. The van der Waals surface area contributed by atoms with E-state index in [4.69, 9.17) is 14.6 Å². The Kier molecular flexibility index (Phi) is 7.51. The Bertz CT molecular complexity index is 1000. The lowest BCUT2D eigenvalue weighted by atomic mass is 10.0. The second kappa shape index (κ2) is 10.5. The molecule has 3 rings (SSSR count). The van der Waals surface area contributed by atoms with Gasteiger partial charge in [-0.3, -0.25) is 4.79 Å². The van der Waals surface area contributed by atoms with Crippen molar-refractivity contribution in [3.8, 4) is 11.5 Å². The first-order valence-electron chi connectivity index (χ1n) is 9.43. The molecule has 6 heteroatoms. The highest BCUT2D eigenvalue weighted by Gasteiger charge is 2.08. The molecular formula is C24H22O5S. The van der Waals surface area contributed by atoms with E-state index in [0.29, 0.717) is 29.2 Å². The van der Waals surface area contributed by atoms with Crippen molar-refractivity contribution in [1.82, 2.24) is 0 Å². The number of ketones is 1. The molecule has 5 nitrogen and oxygen atoms in total. The highest BCUT2D eigenvalue weighted by molar-refractivity contribution is 7.99. The molecule has 0 spiro atoms. The van der Waals surface area contributed by atoms with Crippen molar-refractivity contribution in [2.45, 2.75) is 11.8 Å². The van der Waals surface area contributed by atoms with Gasteiger partial charge in [-0.2, -0.15) is 0 Å². The van der Waals surface area contributed by atoms with Crippen LogP contribution in [-0.2, 0) is 4.79 Å². The number of hydrogen-bond acceptors (Lipinski definition) is 5. The quantitative estimate of drug-likeness (QED) is 0.286. The van der Waals surface area contributed by atoms with Crippen LogP contribution in [-0.4, -0.2) is 35.8 Å². The molecule has 0 aliphatic carbocycles. The summed E-state index contributed by atoms with van der Waals surface area (Å²) in [7, 11) is 0. The molecule has 0 amide bonds. The van der Waals surface area contributed by atoms with Gasteiger partial charge in [-0.25, -0.2) is 4.79 Å². The molecule has 30 heavy (non-hydrogen) atoms. The average molecular weight is 423 g/mol. The Morgan fingerprint density at radius 2 is 1.60 bits per heavy atom. The van der Waals surface area contributed by atoms with Gasteiger partial charge in [0.15, 0.2) is 12.4 Å². The highest BCUT2D eigenvalue weighted by Crippen LogP contribution is 2.26. The lowest BCUT2D eigenvalue weighted by Crippen LogP contribution is -2.10. The Morgan fingerprint density at radius 3 is 2.27 bits per heavy atom.